The fourth-order valence-electron chi connectivity index (χ4n) is 2.00. The molecule has 1 aromatic heterocycles. The maximum Gasteiger partial charge on any atom is 0.216 e. The molecule has 0 bridgehead atoms. The van der Waals surface area contributed by atoms with Crippen LogP contribution in [0.3, 0.4) is 0 Å². The smallest absolute Gasteiger partial charge is 0.216 e. The van der Waals surface area contributed by atoms with Crippen molar-refractivity contribution in [1.82, 2.24) is 15.1 Å². The summed E-state index contributed by atoms with van der Waals surface area (Å²) in [5.41, 5.74) is 2.24. The molecule has 1 fully saturated rings. The highest BCUT2D eigenvalue weighted by Crippen LogP contribution is 2.23. The Hall–Kier alpha value is -1.03. The van der Waals surface area contributed by atoms with Crippen LogP contribution in [0.15, 0.2) is 0 Å². The summed E-state index contributed by atoms with van der Waals surface area (Å²) in [6, 6.07) is 0.703. The zero-order chi connectivity index (χ0) is 10.8. The molecule has 84 valence electrons. The van der Waals surface area contributed by atoms with Crippen molar-refractivity contribution < 1.29 is 4.74 Å². The first-order valence-corrected chi connectivity index (χ1v) is 5.52. The number of ether oxygens (including phenoxy) is 1. The van der Waals surface area contributed by atoms with Gasteiger partial charge in [-0.2, -0.15) is 5.10 Å². The fraction of sp³-hybridized carbons (Fsp3) is 0.727. The van der Waals surface area contributed by atoms with Crippen molar-refractivity contribution in [3.05, 3.63) is 11.3 Å². The Morgan fingerprint density at radius 1 is 1.53 bits per heavy atom. The second-order valence-corrected chi connectivity index (χ2v) is 4.21. The lowest BCUT2D eigenvalue weighted by Gasteiger charge is -2.26. The van der Waals surface area contributed by atoms with Gasteiger partial charge in [0.05, 0.1) is 18.4 Å². The molecule has 1 N–H and O–H groups in total. The Labute approximate surface area is 90.6 Å². The monoisotopic (exact) mass is 209 g/mol. The number of methoxy groups -OCH3 is 1. The normalized spacial score (nSPS) is 16.5. The van der Waals surface area contributed by atoms with Crippen molar-refractivity contribution in [2.75, 3.05) is 7.11 Å². The molecule has 0 radical (unpaired) electrons. The van der Waals surface area contributed by atoms with E-state index in [9.17, 15) is 0 Å². The van der Waals surface area contributed by atoms with Crippen molar-refractivity contribution in [3.8, 4) is 5.88 Å². The predicted octanol–water partition coefficient (Wildman–Crippen LogP) is 1.38. The molecular formula is C11H19N3O. The van der Waals surface area contributed by atoms with Gasteiger partial charge in [0.1, 0.15) is 0 Å². The van der Waals surface area contributed by atoms with E-state index in [2.05, 4.69) is 10.4 Å². The Kier molecular flexibility index (Phi) is 2.95. The van der Waals surface area contributed by atoms with Gasteiger partial charge in [-0.3, -0.25) is 0 Å². The third kappa shape index (κ3) is 2.00. The lowest BCUT2D eigenvalue weighted by Crippen LogP contribution is -2.34. The van der Waals surface area contributed by atoms with E-state index < -0.39 is 0 Å². The Balaban J connectivity index is 2.04. The van der Waals surface area contributed by atoms with Crippen LogP contribution in [0.25, 0.3) is 0 Å². The van der Waals surface area contributed by atoms with Gasteiger partial charge < -0.3 is 10.1 Å². The topological polar surface area (TPSA) is 39.1 Å². The van der Waals surface area contributed by atoms with E-state index in [1.54, 1.807) is 11.8 Å². The van der Waals surface area contributed by atoms with Crippen molar-refractivity contribution in [2.45, 2.75) is 38.8 Å². The van der Waals surface area contributed by atoms with E-state index in [-0.39, 0.29) is 0 Å². The van der Waals surface area contributed by atoms with Crippen molar-refractivity contribution in [2.24, 2.45) is 7.05 Å². The van der Waals surface area contributed by atoms with Gasteiger partial charge in [0.2, 0.25) is 5.88 Å². The van der Waals surface area contributed by atoms with Crippen LogP contribution in [0.4, 0.5) is 0 Å². The second kappa shape index (κ2) is 4.23. The number of nitrogens with one attached hydrogen (secondary N) is 1. The molecule has 0 aliphatic heterocycles. The highest BCUT2D eigenvalue weighted by molar-refractivity contribution is 5.30. The van der Waals surface area contributed by atoms with Gasteiger partial charge in [-0.1, -0.05) is 6.42 Å². The summed E-state index contributed by atoms with van der Waals surface area (Å²) in [5, 5.41) is 7.89. The van der Waals surface area contributed by atoms with Gasteiger partial charge in [0, 0.05) is 19.6 Å². The minimum Gasteiger partial charge on any atom is -0.481 e. The lowest BCUT2D eigenvalue weighted by molar-refractivity contribution is 0.330. The molecule has 1 aliphatic rings. The van der Waals surface area contributed by atoms with Crippen LogP contribution in [-0.4, -0.2) is 22.9 Å². The van der Waals surface area contributed by atoms with Gasteiger partial charge >= 0.3 is 0 Å². The number of aromatic nitrogens is 2. The molecule has 1 heterocycles. The molecule has 0 atom stereocenters. The summed E-state index contributed by atoms with van der Waals surface area (Å²) in [6.07, 6.45) is 3.98. The minimum atomic E-state index is 0.703. The number of aryl methyl sites for hydroxylation is 2. The van der Waals surface area contributed by atoms with Gasteiger partial charge in [-0.25, -0.2) is 4.68 Å². The van der Waals surface area contributed by atoms with E-state index in [1.165, 1.54) is 24.8 Å². The van der Waals surface area contributed by atoms with Crippen LogP contribution in [0.1, 0.15) is 30.5 Å². The summed E-state index contributed by atoms with van der Waals surface area (Å²) in [5.74, 6) is 0.874. The number of hydrogen-bond donors (Lipinski definition) is 1. The van der Waals surface area contributed by atoms with Crippen LogP contribution >= 0.6 is 0 Å². The van der Waals surface area contributed by atoms with Crippen LogP contribution in [0.5, 0.6) is 5.88 Å². The molecule has 1 aromatic rings. The largest absolute Gasteiger partial charge is 0.481 e. The van der Waals surface area contributed by atoms with Crippen molar-refractivity contribution in [1.29, 1.82) is 0 Å². The standard InChI is InChI=1S/C11H19N3O/c1-8-10(7-12-9-5-4-6-9)11(15-3)14(2)13-8/h9,12H,4-7H2,1-3H3. The molecule has 0 spiro atoms. The summed E-state index contributed by atoms with van der Waals surface area (Å²) in [6.45, 7) is 2.90. The van der Waals surface area contributed by atoms with E-state index in [4.69, 9.17) is 4.74 Å². The van der Waals surface area contributed by atoms with E-state index in [0.29, 0.717) is 6.04 Å². The Bertz CT molecular complexity index is 342. The Morgan fingerprint density at radius 3 is 2.80 bits per heavy atom. The summed E-state index contributed by atoms with van der Waals surface area (Å²) >= 11 is 0. The zero-order valence-corrected chi connectivity index (χ0v) is 9.71. The van der Waals surface area contributed by atoms with Gasteiger partial charge in [-0.05, 0) is 19.8 Å². The molecular weight excluding hydrogens is 190 g/mol. The molecule has 2 rings (SSSR count). The predicted molar refractivity (Wildman–Crippen MR) is 59.0 cm³/mol. The average Bonchev–Trinajstić information content (AvgIpc) is 2.39. The molecule has 4 nitrogen and oxygen atoms in total. The maximum atomic E-state index is 5.34. The van der Waals surface area contributed by atoms with Crippen molar-refractivity contribution in [3.63, 3.8) is 0 Å². The van der Waals surface area contributed by atoms with Gasteiger partial charge in [0.25, 0.3) is 0 Å². The number of hydrogen-bond acceptors (Lipinski definition) is 3. The first-order chi connectivity index (χ1) is 7.22. The van der Waals surface area contributed by atoms with Crippen molar-refractivity contribution >= 4 is 0 Å². The van der Waals surface area contributed by atoms with Crippen LogP contribution in [0, 0.1) is 6.92 Å². The third-order valence-corrected chi connectivity index (χ3v) is 3.15. The molecule has 1 aliphatic carbocycles. The summed E-state index contributed by atoms with van der Waals surface area (Å²) < 4.78 is 7.14. The molecule has 15 heavy (non-hydrogen) atoms. The van der Waals surface area contributed by atoms with Crippen LogP contribution in [0.2, 0.25) is 0 Å². The number of nitrogens with zero attached hydrogens (tertiary/aromatic N) is 2. The van der Waals surface area contributed by atoms with Crippen LogP contribution < -0.4 is 10.1 Å². The molecule has 0 amide bonds. The molecule has 0 unspecified atom stereocenters. The molecule has 4 heteroatoms. The molecule has 0 saturated heterocycles. The lowest BCUT2D eigenvalue weighted by atomic mass is 9.93. The van der Waals surface area contributed by atoms with Gasteiger partial charge in [0.15, 0.2) is 0 Å². The minimum absolute atomic E-state index is 0.703. The van der Waals surface area contributed by atoms with E-state index >= 15 is 0 Å². The summed E-state index contributed by atoms with van der Waals surface area (Å²) in [7, 11) is 3.61. The average molecular weight is 209 g/mol. The van der Waals surface area contributed by atoms with Gasteiger partial charge in [-0.15, -0.1) is 0 Å². The molecule has 1 saturated carbocycles. The highest BCUT2D eigenvalue weighted by atomic mass is 16.5. The Morgan fingerprint density at radius 2 is 2.27 bits per heavy atom. The SMILES string of the molecule is COc1c(CNC2CCC2)c(C)nn1C. The number of rotatable bonds is 4. The quantitative estimate of drug-likeness (QED) is 0.814. The first kappa shape index (κ1) is 10.5. The fourth-order valence-corrected chi connectivity index (χ4v) is 2.00. The summed E-state index contributed by atoms with van der Waals surface area (Å²) in [4.78, 5) is 0. The highest BCUT2D eigenvalue weighted by Gasteiger charge is 2.19. The first-order valence-electron chi connectivity index (χ1n) is 5.52. The second-order valence-electron chi connectivity index (χ2n) is 4.21. The van der Waals surface area contributed by atoms with Crippen LogP contribution in [-0.2, 0) is 13.6 Å². The van der Waals surface area contributed by atoms with E-state index in [1.807, 2.05) is 14.0 Å². The third-order valence-electron chi connectivity index (χ3n) is 3.15. The zero-order valence-electron chi connectivity index (χ0n) is 9.71. The van der Waals surface area contributed by atoms with E-state index in [0.717, 1.165) is 18.1 Å². The maximum absolute atomic E-state index is 5.34. The molecule has 0 aromatic carbocycles.